The minimum absolute atomic E-state index is 0.198. The summed E-state index contributed by atoms with van der Waals surface area (Å²) in [6, 6.07) is 10.0. The first-order chi connectivity index (χ1) is 13.1. The van der Waals surface area contributed by atoms with Gasteiger partial charge in [0.1, 0.15) is 5.82 Å². The average Bonchev–Trinajstić information content (AvgIpc) is 3.15. The van der Waals surface area contributed by atoms with Gasteiger partial charge >= 0.3 is 0 Å². The molecule has 27 heavy (non-hydrogen) atoms. The minimum atomic E-state index is -0.598. The quantitative estimate of drug-likeness (QED) is 0.738. The highest BCUT2D eigenvalue weighted by Gasteiger charge is 2.34. The number of hydrogen-bond donors (Lipinski definition) is 2. The number of nitrogens with one attached hydrogen (secondary N) is 1. The lowest BCUT2D eigenvalue weighted by Crippen LogP contribution is -2.42. The summed E-state index contributed by atoms with van der Waals surface area (Å²) in [7, 11) is 0. The minimum Gasteiger partial charge on any atom is -0.345 e. The van der Waals surface area contributed by atoms with Gasteiger partial charge in [-0.2, -0.15) is 0 Å². The number of nitrogens with two attached hydrogens (primary N) is 1. The molecule has 2 aromatic heterocycles. The van der Waals surface area contributed by atoms with Crippen LogP contribution in [-0.4, -0.2) is 34.7 Å². The SMILES string of the molecule is CC1(CN)COC(c2nc(-c3ccc(F)cc3)c(-c3ccncc3)[nH]2)OC1. The van der Waals surface area contributed by atoms with Crippen molar-refractivity contribution in [2.24, 2.45) is 11.1 Å². The molecule has 1 aliphatic rings. The third-order valence-corrected chi connectivity index (χ3v) is 4.69. The molecule has 0 radical (unpaired) electrons. The highest BCUT2D eigenvalue weighted by molar-refractivity contribution is 5.78. The second-order valence-electron chi connectivity index (χ2n) is 7.06. The van der Waals surface area contributed by atoms with Crippen LogP contribution in [0.3, 0.4) is 0 Å². The summed E-state index contributed by atoms with van der Waals surface area (Å²) in [6.45, 7) is 3.50. The Hall–Kier alpha value is -2.61. The van der Waals surface area contributed by atoms with Crippen LogP contribution in [0, 0.1) is 11.2 Å². The molecule has 6 nitrogen and oxygen atoms in total. The summed E-state index contributed by atoms with van der Waals surface area (Å²) in [5.41, 5.74) is 8.83. The second kappa shape index (κ2) is 7.19. The smallest absolute Gasteiger partial charge is 0.217 e. The van der Waals surface area contributed by atoms with Crippen molar-refractivity contribution in [1.82, 2.24) is 15.0 Å². The molecule has 0 spiro atoms. The molecule has 1 fully saturated rings. The van der Waals surface area contributed by atoms with Crippen molar-refractivity contribution in [3.63, 3.8) is 0 Å². The fourth-order valence-electron chi connectivity index (χ4n) is 2.97. The standard InChI is InChI=1S/C20H21FN4O2/c1-20(10-22)11-26-19(27-12-20)18-24-16(13-2-4-15(21)5-3-13)17(25-18)14-6-8-23-9-7-14/h2-9,19H,10-12,22H2,1H3,(H,24,25). The van der Waals surface area contributed by atoms with Gasteiger partial charge in [-0.15, -0.1) is 0 Å². The summed E-state index contributed by atoms with van der Waals surface area (Å²) in [4.78, 5) is 12.1. The first-order valence-corrected chi connectivity index (χ1v) is 8.77. The van der Waals surface area contributed by atoms with Crippen molar-refractivity contribution < 1.29 is 13.9 Å². The van der Waals surface area contributed by atoms with Gasteiger partial charge in [0.25, 0.3) is 0 Å². The van der Waals surface area contributed by atoms with E-state index < -0.39 is 6.29 Å². The van der Waals surface area contributed by atoms with Gasteiger partial charge in [-0.25, -0.2) is 9.37 Å². The Balaban J connectivity index is 1.71. The van der Waals surface area contributed by atoms with Crippen LogP contribution in [0.4, 0.5) is 4.39 Å². The molecule has 3 heterocycles. The van der Waals surface area contributed by atoms with E-state index in [4.69, 9.17) is 20.2 Å². The van der Waals surface area contributed by atoms with E-state index in [0.717, 1.165) is 16.8 Å². The van der Waals surface area contributed by atoms with Gasteiger partial charge in [-0.3, -0.25) is 4.98 Å². The molecule has 7 heteroatoms. The molecule has 4 rings (SSSR count). The molecule has 0 atom stereocenters. The molecule has 140 valence electrons. The van der Waals surface area contributed by atoms with Crippen LogP contribution in [0.2, 0.25) is 0 Å². The molecule has 3 N–H and O–H groups in total. The number of halogens is 1. The van der Waals surface area contributed by atoms with E-state index in [1.54, 1.807) is 24.5 Å². The number of aromatic nitrogens is 3. The molecule has 1 aliphatic heterocycles. The molecule has 0 saturated carbocycles. The van der Waals surface area contributed by atoms with Crippen molar-refractivity contribution >= 4 is 0 Å². The summed E-state index contributed by atoms with van der Waals surface area (Å²) in [6.07, 6.45) is 2.83. The fourth-order valence-corrected chi connectivity index (χ4v) is 2.97. The number of ether oxygens (including phenoxy) is 2. The first-order valence-electron chi connectivity index (χ1n) is 8.77. The third kappa shape index (κ3) is 3.62. The Labute approximate surface area is 156 Å². The van der Waals surface area contributed by atoms with Crippen LogP contribution in [0.25, 0.3) is 22.5 Å². The van der Waals surface area contributed by atoms with Crippen LogP contribution in [0.15, 0.2) is 48.8 Å². The molecular weight excluding hydrogens is 347 g/mol. The van der Waals surface area contributed by atoms with Crippen molar-refractivity contribution in [2.45, 2.75) is 13.2 Å². The van der Waals surface area contributed by atoms with Crippen LogP contribution in [-0.2, 0) is 9.47 Å². The van der Waals surface area contributed by atoms with Crippen molar-refractivity contribution in [3.8, 4) is 22.5 Å². The maximum Gasteiger partial charge on any atom is 0.217 e. The van der Waals surface area contributed by atoms with E-state index >= 15 is 0 Å². The number of aromatic amines is 1. The Kier molecular flexibility index (Phi) is 4.73. The van der Waals surface area contributed by atoms with Gasteiger partial charge in [0.05, 0.1) is 24.6 Å². The van der Waals surface area contributed by atoms with Crippen molar-refractivity contribution in [2.75, 3.05) is 19.8 Å². The number of hydrogen-bond acceptors (Lipinski definition) is 5. The highest BCUT2D eigenvalue weighted by Crippen LogP contribution is 2.35. The zero-order valence-electron chi connectivity index (χ0n) is 15.0. The van der Waals surface area contributed by atoms with Crippen molar-refractivity contribution in [3.05, 3.63) is 60.4 Å². The number of H-pyrrole nitrogens is 1. The van der Waals surface area contributed by atoms with Gasteiger partial charge in [0.2, 0.25) is 6.29 Å². The molecule has 1 aromatic carbocycles. The normalized spacial score (nSPS) is 22.7. The molecule has 0 bridgehead atoms. The largest absolute Gasteiger partial charge is 0.345 e. The van der Waals surface area contributed by atoms with E-state index in [1.165, 1.54) is 12.1 Å². The summed E-state index contributed by atoms with van der Waals surface area (Å²) in [5.74, 6) is 0.278. The Morgan fingerprint density at radius 3 is 2.41 bits per heavy atom. The second-order valence-corrected chi connectivity index (χ2v) is 7.06. The van der Waals surface area contributed by atoms with E-state index in [1.807, 2.05) is 19.1 Å². The van der Waals surface area contributed by atoms with Crippen molar-refractivity contribution in [1.29, 1.82) is 0 Å². The number of rotatable bonds is 4. The fraction of sp³-hybridized carbons (Fsp3) is 0.300. The molecule has 3 aromatic rings. The number of nitrogens with zero attached hydrogens (tertiary/aromatic N) is 2. The predicted octanol–water partition coefficient (Wildman–Crippen LogP) is 3.29. The topological polar surface area (TPSA) is 86.0 Å². The lowest BCUT2D eigenvalue weighted by atomic mass is 9.93. The van der Waals surface area contributed by atoms with Gasteiger partial charge in [-0.1, -0.05) is 6.92 Å². The summed E-state index contributed by atoms with van der Waals surface area (Å²) in [5, 5.41) is 0. The maximum atomic E-state index is 13.3. The lowest BCUT2D eigenvalue weighted by molar-refractivity contribution is -0.231. The van der Waals surface area contributed by atoms with Crippen LogP contribution in [0.1, 0.15) is 19.0 Å². The maximum absolute atomic E-state index is 13.3. The van der Waals surface area contributed by atoms with Crippen LogP contribution >= 0.6 is 0 Å². The molecule has 0 aliphatic carbocycles. The molecule has 0 amide bonds. The van der Waals surface area contributed by atoms with E-state index in [9.17, 15) is 4.39 Å². The Bertz CT molecular complexity index is 903. The molecular formula is C20H21FN4O2. The third-order valence-electron chi connectivity index (χ3n) is 4.69. The van der Waals surface area contributed by atoms with Gasteiger partial charge in [0.15, 0.2) is 5.82 Å². The van der Waals surface area contributed by atoms with E-state index in [2.05, 4.69) is 9.97 Å². The predicted molar refractivity (Wildman–Crippen MR) is 99.0 cm³/mol. The van der Waals surface area contributed by atoms with Crippen LogP contribution < -0.4 is 5.73 Å². The van der Waals surface area contributed by atoms with Gasteiger partial charge in [-0.05, 0) is 36.4 Å². The number of pyridine rings is 1. The molecule has 1 saturated heterocycles. The number of imidazole rings is 1. The molecule has 0 unspecified atom stereocenters. The monoisotopic (exact) mass is 368 g/mol. The number of benzene rings is 1. The van der Waals surface area contributed by atoms with Crippen LogP contribution in [0.5, 0.6) is 0 Å². The summed E-state index contributed by atoms with van der Waals surface area (Å²) < 4.78 is 25.1. The van der Waals surface area contributed by atoms with Gasteiger partial charge in [0, 0.05) is 35.5 Å². The lowest BCUT2D eigenvalue weighted by Gasteiger charge is -2.35. The highest BCUT2D eigenvalue weighted by atomic mass is 19.1. The average molecular weight is 368 g/mol. The zero-order valence-corrected chi connectivity index (χ0v) is 15.0. The summed E-state index contributed by atoms with van der Waals surface area (Å²) >= 11 is 0. The zero-order chi connectivity index (χ0) is 18.9. The van der Waals surface area contributed by atoms with E-state index in [-0.39, 0.29) is 11.2 Å². The Morgan fingerprint density at radius 1 is 1.11 bits per heavy atom. The Morgan fingerprint density at radius 2 is 1.78 bits per heavy atom. The van der Waals surface area contributed by atoms with Gasteiger partial charge < -0.3 is 20.2 Å². The first kappa shape index (κ1) is 17.8. The van der Waals surface area contributed by atoms with E-state index in [0.29, 0.717) is 31.3 Å².